The molecule has 0 saturated carbocycles. The molecule has 0 spiro atoms. The molecule has 2 aromatic heterocycles. The van der Waals surface area contributed by atoms with Gasteiger partial charge in [-0.25, -0.2) is 4.98 Å². The zero-order valence-corrected chi connectivity index (χ0v) is 12.3. The van der Waals surface area contributed by atoms with Gasteiger partial charge >= 0.3 is 5.69 Å². The van der Waals surface area contributed by atoms with Crippen molar-refractivity contribution in [3.8, 4) is 0 Å². The molecule has 9 nitrogen and oxygen atoms in total. The minimum atomic E-state index is -0.515. The van der Waals surface area contributed by atoms with Crippen LogP contribution in [0.25, 0.3) is 0 Å². The van der Waals surface area contributed by atoms with Crippen LogP contribution in [0.1, 0.15) is 5.89 Å². The Bertz CT molecular complexity index is 629. The summed E-state index contributed by atoms with van der Waals surface area (Å²) in [7, 11) is 3.56. The minimum absolute atomic E-state index is 0.133. The van der Waals surface area contributed by atoms with E-state index in [0.29, 0.717) is 16.3 Å². The maximum absolute atomic E-state index is 10.9. The van der Waals surface area contributed by atoms with Gasteiger partial charge < -0.3 is 14.7 Å². The van der Waals surface area contributed by atoms with Gasteiger partial charge in [0.05, 0.1) is 11.5 Å². The average Bonchev–Trinajstić information content (AvgIpc) is 2.86. The summed E-state index contributed by atoms with van der Waals surface area (Å²) >= 11 is 3.14. The van der Waals surface area contributed by atoms with Crippen LogP contribution < -0.4 is 10.2 Å². The zero-order chi connectivity index (χ0) is 14.7. The summed E-state index contributed by atoms with van der Waals surface area (Å²) in [5.41, 5.74) is -0.133. The van der Waals surface area contributed by atoms with E-state index < -0.39 is 4.92 Å². The third-order valence-corrected chi connectivity index (χ3v) is 2.73. The summed E-state index contributed by atoms with van der Waals surface area (Å²) in [4.78, 5) is 20.2. The molecule has 0 atom stereocenters. The molecule has 2 aromatic rings. The van der Waals surface area contributed by atoms with E-state index in [0.717, 1.165) is 0 Å². The molecule has 10 heteroatoms. The van der Waals surface area contributed by atoms with Gasteiger partial charge in [-0.1, -0.05) is 0 Å². The Morgan fingerprint density at radius 1 is 1.55 bits per heavy atom. The van der Waals surface area contributed by atoms with E-state index in [1.54, 1.807) is 19.0 Å². The Balaban J connectivity index is 2.12. The Labute approximate surface area is 122 Å². The quantitative estimate of drug-likeness (QED) is 0.646. The second-order valence-corrected chi connectivity index (χ2v) is 4.93. The molecule has 0 bridgehead atoms. The molecule has 0 aliphatic rings. The molecule has 0 amide bonds. The standard InChI is InChI=1S/C10H11BrN6O3/c1-16(2)10-14-8(20-15-10)5-13-9-7(17(18)19)3-6(11)4-12-9/h3-4H,5H2,1-2H3,(H,12,13). The first-order valence-electron chi connectivity index (χ1n) is 5.51. The topological polar surface area (TPSA) is 110 Å². The van der Waals surface area contributed by atoms with Crippen LogP contribution >= 0.6 is 15.9 Å². The molecule has 1 N–H and O–H groups in total. The predicted octanol–water partition coefficient (Wildman–Crippen LogP) is 1.81. The van der Waals surface area contributed by atoms with Crippen LogP contribution in [0, 0.1) is 10.1 Å². The molecule has 0 aliphatic carbocycles. The second-order valence-electron chi connectivity index (χ2n) is 4.01. The third kappa shape index (κ3) is 3.20. The van der Waals surface area contributed by atoms with Crippen LogP contribution in [-0.2, 0) is 6.54 Å². The van der Waals surface area contributed by atoms with Gasteiger partial charge in [0.2, 0.25) is 11.7 Å². The minimum Gasteiger partial charge on any atom is -0.355 e. The van der Waals surface area contributed by atoms with E-state index in [1.807, 2.05) is 0 Å². The summed E-state index contributed by atoms with van der Waals surface area (Å²) in [6, 6.07) is 1.37. The van der Waals surface area contributed by atoms with E-state index in [2.05, 4.69) is 36.4 Å². The van der Waals surface area contributed by atoms with Crippen molar-refractivity contribution in [2.24, 2.45) is 0 Å². The lowest BCUT2D eigenvalue weighted by molar-refractivity contribution is -0.384. The smallest absolute Gasteiger partial charge is 0.312 e. The van der Waals surface area contributed by atoms with E-state index in [1.165, 1.54) is 12.3 Å². The van der Waals surface area contributed by atoms with Crippen LogP contribution in [0.4, 0.5) is 17.5 Å². The molecule has 0 radical (unpaired) electrons. The van der Waals surface area contributed by atoms with Gasteiger partial charge in [0, 0.05) is 30.8 Å². The summed E-state index contributed by atoms with van der Waals surface area (Å²) < 4.78 is 5.53. The molecule has 0 saturated heterocycles. The molecule has 106 valence electrons. The van der Waals surface area contributed by atoms with Crippen molar-refractivity contribution in [1.82, 2.24) is 15.1 Å². The normalized spacial score (nSPS) is 10.3. The van der Waals surface area contributed by atoms with Crippen molar-refractivity contribution in [2.75, 3.05) is 24.3 Å². The van der Waals surface area contributed by atoms with Crippen LogP contribution in [0.2, 0.25) is 0 Å². The fourth-order valence-electron chi connectivity index (χ4n) is 1.36. The van der Waals surface area contributed by atoms with E-state index >= 15 is 0 Å². The number of pyridine rings is 1. The molecule has 20 heavy (non-hydrogen) atoms. The fourth-order valence-corrected chi connectivity index (χ4v) is 1.68. The van der Waals surface area contributed by atoms with Crippen molar-refractivity contribution >= 4 is 33.4 Å². The van der Waals surface area contributed by atoms with Crippen LogP contribution in [-0.4, -0.2) is 34.1 Å². The summed E-state index contributed by atoms with van der Waals surface area (Å²) in [6.45, 7) is 0.149. The van der Waals surface area contributed by atoms with Crippen molar-refractivity contribution in [1.29, 1.82) is 0 Å². The highest BCUT2D eigenvalue weighted by Gasteiger charge is 2.16. The molecular weight excluding hydrogens is 332 g/mol. The first-order valence-corrected chi connectivity index (χ1v) is 6.30. The number of nitro groups is 1. The lowest BCUT2D eigenvalue weighted by atomic mass is 10.4. The molecule has 0 fully saturated rings. The molecule has 0 aliphatic heterocycles. The van der Waals surface area contributed by atoms with Gasteiger partial charge in [0.15, 0.2) is 0 Å². The maximum atomic E-state index is 10.9. The number of hydrogen-bond acceptors (Lipinski definition) is 8. The highest BCUT2D eigenvalue weighted by Crippen LogP contribution is 2.25. The highest BCUT2D eigenvalue weighted by atomic mass is 79.9. The van der Waals surface area contributed by atoms with E-state index in [9.17, 15) is 10.1 Å². The summed E-state index contributed by atoms with van der Waals surface area (Å²) in [6.07, 6.45) is 1.47. The Morgan fingerprint density at radius 2 is 2.30 bits per heavy atom. The second kappa shape index (κ2) is 5.82. The number of aromatic nitrogens is 3. The number of rotatable bonds is 5. The number of anilines is 2. The van der Waals surface area contributed by atoms with Gasteiger partial charge in [0.1, 0.15) is 0 Å². The maximum Gasteiger partial charge on any atom is 0.312 e. The van der Waals surface area contributed by atoms with Crippen molar-refractivity contribution in [2.45, 2.75) is 6.54 Å². The number of nitrogens with one attached hydrogen (secondary N) is 1. The van der Waals surface area contributed by atoms with Gasteiger partial charge in [-0.05, 0) is 21.1 Å². The largest absolute Gasteiger partial charge is 0.355 e. The molecule has 0 unspecified atom stereocenters. The predicted molar refractivity (Wildman–Crippen MR) is 74.5 cm³/mol. The van der Waals surface area contributed by atoms with Crippen molar-refractivity contribution in [3.63, 3.8) is 0 Å². The molecule has 2 rings (SSSR count). The lowest BCUT2D eigenvalue weighted by Crippen LogP contribution is -2.10. The van der Waals surface area contributed by atoms with Crippen molar-refractivity contribution in [3.05, 3.63) is 32.7 Å². The zero-order valence-electron chi connectivity index (χ0n) is 10.7. The first kappa shape index (κ1) is 14.2. The number of halogens is 1. The van der Waals surface area contributed by atoms with E-state index in [-0.39, 0.29) is 18.1 Å². The Morgan fingerprint density at radius 3 is 2.90 bits per heavy atom. The monoisotopic (exact) mass is 342 g/mol. The molecular formula is C10H11BrN6O3. The highest BCUT2D eigenvalue weighted by molar-refractivity contribution is 9.10. The van der Waals surface area contributed by atoms with Crippen LogP contribution in [0.3, 0.4) is 0 Å². The number of hydrogen-bond donors (Lipinski definition) is 1. The lowest BCUT2D eigenvalue weighted by Gasteiger charge is -2.04. The van der Waals surface area contributed by atoms with Gasteiger partial charge in [-0.2, -0.15) is 4.98 Å². The van der Waals surface area contributed by atoms with Crippen LogP contribution in [0.15, 0.2) is 21.3 Å². The first-order chi connectivity index (χ1) is 9.47. The fraction of sp³-hybridized carbons (Fsp3) is 0.300. The summed E-state index contributed by atoms with van der Waals surface area (Å²) in [5, 5.41) is 17.5. The Kier molecular flexibility index (Phi) is 4.13. The molecule has 2 heterocycles. The summed E-state index contributed by atoms with van der Waals surface area (Å²) in [5.74, 6) is 0.885. The Hall–Kier alpha value is -2.23. The van der Waals surface area contributed by atoms with Gasteiger partial charge in [-0.15, -0.1) is 0 Å². The number of nitrogens with zero attached hydrogens (tertiary/aromatic N) is 5. The van der Waals surface area contributed by atoms with Crippen LogP contribution in [0.5, 0.6) is 0 Å². The SMILES string of the molecule is CN(C)c1noc(CNc2ncc(Br)cc2[N+](=O)[O-])n1. The average molecular weight is 343 g/mol. The van der Waals surface area contributed by atoms with Gasteiger partial charge in [-0.3, -0.25) is 10.1 Å². The van der Waals surface area contributed by atoms with E-state index in [4.69, 9.17) is 4.52 Å². The molecule has 0 aromatic carbocycles. The van der Waals surface area contributed by atoms with Crippen molar-refractivity contribution < 1.29 is 9.45 Å². The van der Waals surface area contributed by atoms with Gasteiger partial charge in [0.25, 0.3) is 5.95 Å². The third-order valence-electron chi connectivity index (χ3n) is 2.30.